The number of hydrogen-bond donors (Lipinski definition) is 0. The molecule has 21 heavy (non-hydrogen) atoms. The molecule has 1 atom stereocenters. The number of alkyl halides is 1. The van der Waals surface area contributed by atoms with Crippen molar-refractivity contribution in [3.05, 3.63) is 57.3 Å². The van der Waals surface area contributed by atoms with Gasteiger partial charge in [-0.05, 0) is 59.6 Å². The average molecular weight is 384 g/mol. The Kier molecular flexibility index (Phi) is 4.00. The van der Waals surface area contributed by atoms with Crippen LogP contribution in [0, 0.1) is 6.92 Å². The van der Waals surface area contributed by atoms with Crippen LogP contribution in [0.25, 0.3) is 16.7 Å². The van der Waals surface area contributed by atoms with Crippen molar-refractivity contribution in [2.24, 2.45) is 0 Å². The molecular formula is C16H13BrCl2N2. The van der Waals surface area contributed by atoms with E-state index in [1.807, 2.05) is 37.3 Å². The van der Waals surface area contributed by atoms with Crippen molar-refractivity contribution < 1.29 is 0 Å². The summed E-state index contributed by atoms with van der Waals surface area (Å²) in [6, 6.07) is 11.9. The standard InChI is InChI=1S/C16H13BrCl2N2/c1-9-4-3-5-14-15(9)21(16(20-14)10(2)18)11-6-7-13(19)12(17)8-11/h3-8,10H,1-2H3. The van der Waals surface area contributed by atoms with Gasteiger partial charge in [-0.15, -0.1) is 11.6 Å². The normalized spacial score (nSPS) is 12.8. The first-order valence-corrected chi connectivity index (χ1v) is 8.17. The van der Waals surface area contributed by atoms with Gasteiger partial charge < -0.3 is 0 Å². The van der Waals surface area contributed by atoms with Crippen molar-refractivity contribution in [1.82, 2.24) is 9.55 Å². The van der Waals surface area contributed by atoms with E-state index < -0.39 is 0 Å². The minimum atomic E-state index is -0.189. The third kappa shape index (κ3) is 2.59. The second kappa shape index (κ2) is 5.64. The molecule has 0 aliphatic rings. The molecule has 0 spiro atoms. The zero-order valence-corrected chi connectivity index (χ0v) is 14.7. The maximum atomic E-state index is 6.33. The Balaban J connectivity index is 2.38. The first kappa shape index (κ1) is 14.9. The Bertz CT molecular complexity index is 825. The Morgan fingerprint density at radius 1 is 1.24 bits per heavy atom. The van der Waals surface area contributed by atoms with Crippen LogP contribution in [0.15, 0.2) is 40.9 Å². The molecule has 0 N–H and O–H groups in total. The summed E-state index contributed by atoms with van der Waals surface area (Å²) in [5.41, 5.74) is 4.18. The minimum Gasteiger partial charge on any atom is -0.295 e. The lowest BCUT2D eigenvalue weighted by molar-refractivity contribution is 0.881. The fraction of sp³-hybridized carbons (Fsp3) is 0.188. The van der Waals surface area contributed by atoms with Gasteiger partial charge in [-0.1, -0.05) is 23.7 Å². The monoisotopic (exact) mass is 382 g/mol. The molecule has 0 fully saturated rings. The van der Waals surface area contributed by atoms with Crippen LogP contribution in [0.4, 0.5) is 0 Å². The van der Waals surface area contributed by atoms with Crippen LogP contribution in [-0.4, -0.2) is 9.55 Å². The molecule has 1 aromatic heterocycles. The molecule has 0 saturated heterocycles. The Labute approximate surface area is 141 Å². The Morgan fingerprint density at radius 2 is 2.00 bits per heavy atom. The van der Waals surface area contributed by atoms with E-state index in [-0.39, 0.29) is 5.38 Å². The zero-order chi connectivity index (χ0) is 15.1. The third-order valence-electron chi connectivity index (χ3n) is 3.42. The molecule has 0 aliphatic heterocycles. The highest BCUT2D eigenvalue weighted by Crippen LogP contribution is 2.32. The summed E-state index contributed by atoms with van der Waals surface area (Å²) in [6.45, 7) is 4.01. The Morgan fingerprint density at radius 3 is 2.67 bits per heavy atom. The molecule has 2 nitrogen and oxygen atoms in total. The summed E-state index contributed by atoms with van der Waals surface area (Å²) in [7, 11) is 0. The molecule has 1 heterocycles. The number of halogens is 3. The highest BCUT2D eigenvalue weighted by atomic mass is 79.9. The molecule has 3 rings (SSSR count). The predicted molar refractivity (Wildman–Crippen MR) is 92.8 cm³/mol. The van der Waals surface area contributed by atoms with Gasteiger partial charge in [0.2, 0.25) is 0 Å². The van der Waals surface area contributed by atoms with E-state index in [2.05, 4.69) is 38.5 Å². The first-order valence-electron chi connectivity index (χ1n) is 6.56. The van der Waals surface area contributed by atoms with Gasteiger partial charge in [0.15, 0.2) is 0 Å². The molecule has 0 amide bonds. The number of fused-ring (bicyclic) bond motifs is 1. The van der Waals surface area contributed by atoms with Gasteiger partial charge in [-0.25, -0.2) is 4.98 Å². The van der Waals surface area contributed by atoms with Crippen LogP contribution in [0.3, 0.4) is 0 Å². The summed E-state index contributed by atoms with van der Waals surface area (Å²) in [4.78, 5) is 4.68. The van der Waals surface area contributed by atoms with Gasteiger partial charge >= 0.3 is 0 Å². The van der Waals surface area contributed by atoms with Crippen molar-refractivity contribution in [1.29, 1.82) is 0 Å². The van der Waals surface area contributed by atoms with Crippen LogP contribution in [0.5, 0.6) is 0 Å². The van der Waals surface area contributed by atoms with Gasteiger partial charge in [0.05, 0.1) is 21.4 Å². The number of nitrogens with zero attached hydrogens (tertiary/aromatic N) is 2. The van der Waals surface area contributed by atoms with E-state index in [0.29, 0.717) is 5.02 Å². The Hall–Kier alpha value is -1.03. The number of rotatable bonds is 2. The van der Waals surface area contributed by atoms with Gasteiger partial charge in [0, 0.05) is 10.2 Å². The molecule has 0 saturated carbocycles. The fourth-order valence-corrected chi connectivity index (χ4v) is 3.10. The first-order chi connectivity index (χ1) is 9.99. The van der Waals surface area contributed by atoms with Gasteiger partial charge in [0.25, 0.3) is 0 Å². The lowest BCUT2D eigenvalue weighted by atomic mass is 10.2. The van der Waals surface area contributed by atoms with Gasteiger partial charge in [0.1, 0.15) is 5.82 Å². The van der Waals surface area contributed by atoms with E-state index in [1.165, 1.54) is 0 Å². The molecule has 3 aromatic rings. The van der Waals surface area contributed by atoms with Gasteiger partial charge in [-0.2, -0.15) is 0 Å². The quantitative estimate of drug-likeness (QED) is 0.492. The summed E-state index contributed by atoms with van der Waals surface area (Å²) < 4.78 is 2.95. The van der Waals surface area contributed by atoms with Crippen LogP contribution < -0.4 is 0 Å². The molecule has 0 bridgehead atoms. The maximum absolute atomic E-state index is 6.33. The largest absolute Gasteiger partial charge is 0.295 e. The second-order valence-electron chi connectivity index (χ2n) is 4.96. The molecule has 5 heteroatoms. The van der Waals surface area contributed by atoms with Crippen molar-refractivity contribution in [3.8, 4) is 5.69 Å². The zero-order valence-electron chi connectivity index (χ0n) is 11.6. The lowest BCUT2D eigenvalue weighted by Crippen LogP contribution is -2.02. The number of aromatic nitrogens is 2. The van der Waals surface area contributed by atoms with E-state index in [1.54, 1.807) is 0 Å². The third-order valence-corrected chi connectivity index (χ3v) is 4.83. The topological polar surface area (TPSA) is 17.8 Å². The lowest BCUT2D eigenvalue weighted by Gasteiger charge is -2.12. The van der Waals surface area contributed by atoms with Crippen molar-refractivity contribution in [3.63, 3.8) is 0 Å². The van der Waals surface area contributed by atoms with Crippen LogP contribution in [0.2, 0.25) is 5.02 Å². The summed E-state index contributed by atoms with van der Waals surface area (Å²) in [6.07, 6.45) is 0. The van der Waals surface area contributed by atoms with Crippen molar-refractivity contribution in [2.75, 3.05) is 0 Å². The molecule has 0 aliphatic carbocycles. The number of hydrogen-bond acceptors (Lipinski definition) is 1. The van der Waals surface area contributed by atoms with E-state index in [9.17, 15) is 0 Å². The summed E-state index contributed by atoms with van der Waals surface area (Å²) in [5.74, 6) is 0.829. The molecule has 2 aromatic carbocycles. The van der Waals surface area contributed by atoms with Crippen LogP contribution >= 0.6 is 39.1 Å². The fourth-order valence-electron chi connectivity index (χ4n) is 2.46. The maximum Gasteiger partial charge on any atom is 0.132 e. The molecule has 0 radical (unpaired) electrons. The molecule has 1 unspecified atom stereocenters. The summed E-state index contributed by atoms with van der Waals surface area (Å²) >= 11 is 15.9. The van der Waals surface area contributed by atoms with Crippen LogP contribution in [-0.2, 0) is 0 Å². The number of benzene rings is 2. The smallest absolute Gasteiger partial charge is 0.132 e. The second-order valence-corrected chi connectivity index (χ2v) is 6.88. The van der Waals surface area contributed by atoms with Crippen molar-refractivity contribution >= 4 is 50.2 Å². The number of para-hydroxylation sites is 1. The minimum absolute atomic E-state index is 0.189. The van der Waals surface area contributed by atoms with E-state index in [4.69, 9.17) is 23.2 Å². The highest BCUT2D eigenvalue weighted by Gasteiger charge is 2.18. The average Bonchev–Trinajstić information content (AvgIpc) is 2.83. The number of imidazole rings is 1. The molecular weight excluding hydrogens is 371 g/mol. The number of aryl methyl sites for hydroxylation is 1. The van der Waals surface area contributed by atoms with E-state index in [0.717, 1.165) is 32.6 Å². The van der Waals surface area contributed by atoms with Crippen molar-refractivity contribution in [2.45, 2.75) is 19.2 Å². The predicted octanol–water partition coefficient (Wildman–Crippen LogP) is 6.05. The van der Waals surface area contributed by atoms with Crippen LogP contribution in [0.1, 0.15) is 23.7 Å². The highest BCUT2D eigenvalue weighted by molar-refractivity contribution is 9.10. The molecule has 108 valence electrons. The summed E-state index contributed by atoms with van der Waals surface area (Å²) in [5, 5.41) is 0.492. The van der Waals surface area contributed by atoms with E-state index >= 15 is 0 Å². The SMILES string of the molecule is Cc1cccc2nc(C(C)Cl)n(-c3ccc(Cl)c(Br)c3)c12. The van der Waals surface area contributed by atoms with Gasteiger partial charge in [-0.3, -0.25) is 4.57 Å².